The number of morpholine rings is 1. The molecule has 0 saturated carbocycles. The number of benzene rings is 2. The zero-order chi connectivity index (χ0) is 20.6. The molecule has 1 atom stereocenters. The van der Waals surface area contributed by atoms with Crippen LogP contribution in [0.3, 0.4) is 0 Å². The van der Waals surface area contributed by atoms with Gasteiger partial charge in [-0.3, -0.25) is 9.69 Å². The van der Waals surface area contributed by atoms with Crippen molar-refractivity contribution in [2.75, 3.05) is 19.8 Å². The molecule has 1 unspecified atom stereocenters. The zero-order valence-corrected chi connectivity index (χ0v) is 16.6. The summed E-state index contributed by atoms with van der Waals surface area (Å²) in [6.45, 7) is 4.51. The summed E-state index contributed by atoms with van der Waals surface area (Å²) in [5.41, 5.74) is 4.12. The van der Waals surface area contributed by atoms with Crippen LogP contribution in [-0.4, -0.2) is 53.5 Å². The number of hydrogen-bond acceptors (Lipinski definition) is 4. The molecular weight excluding hydrogens is 370 g/mol. The van der Waals surface area contributed by atoms with Gasteiger partial charge in [0.1, 0.15) is 6.61 Å². The number of amides is 1. The van der Waals surface area contributed by atoms with Crippen LogP contribution in [0.25, 0.3) is 11.1 Å². The van der Waals surface area contributed by atoms with Crippen molar-refractivity contribution in [3.63, 3.8) is 0 Å². The number of carboxylic acids is 1. The first-order valence-electron chi connectivity index (χ1n) is 9.83. The van der Waals surface area contributed by atoms with Gasteiger partial charge in [0.05, 0.1) is 31.2 Å². The molecule has 29 heavy (non-hydrogen) atoms. The highest BCUT2D eigenvalue weighted by molar-refractivity contribution is 5.79. The van der Waals surface area contributed by atoms with Crippen molar-refractivity contribution in [1.82, 2.24) is 4.90 Å². The van der Waals surface area contributed by atoms with Crippen molar-refractivity contribution in [3.05, 3.63) is 59.7 Å². The maximum absolute atomic E-state index is 12.9. The van der Waals surface area contributed by atoms with E-state index in [9.17, 15) is 9.59 Å². The SMILES string of the molecule is CC1(C)COC(CC(=O)O)CN1C(=O)OCC1c2ccccc2-c2ccccc21. The number of nitrogens with zero attached hydrogens (tertiary/aromatic N) is 1. The second-order valence-corrected chi connectivity index (χ2v) is 8.26. The van der Waals surface area contributed by atoms with E-state index in [4.69, 9.17) is 14.6 Å². The number of fused-ring (bicyclic) bond motifs is 3. The maximum atomic E-state index is 12.9. The van der Waals surface area contributed by atoms with Crippen LogP contribution >= 0.6 is 0 Å². The minimum absolute atomic E-state index is 0.00896. The normalized spacial score (nSPS) is 20.1. The molecule has 152 valence electrons. The Morgan fingerprint density at radius 2 is 1.69 bits per heavy atom. The summed E-state index contributed by atoms with van der Waals surface area (Å²) in [6.07, 6.45) is -1.10. The monoisotopic (exact) mass is 395 g/mol. The number of ether oxygens (including phenoxy) is 2. The first kappa shape index (κ1) is 19.5. The summed E-state index contributed by atoms with van der Waals surface area (Å²) in [7, 11) is 0. The van der Waals surface area contributed by atoms with E-state index in [1.54, 1.807) is 4.90 Å². The summed E-state index contributed by atoms with van der Waals surface area (Å²) in [4.78, 5) is 25.5. The highest BCUT2D eigenvalue weighted by Gasteiger charge is 2.40. The van der Waals surface area contributed by atoms with Gasteiger partial charge in [-0.05, 0) is 36.1 Å². The lowest BCUT2D eigenvalue weighted by Crippen LogP contribution is -2.58. The molecule has 0 bridgehead atoms. The summed E-state index contributed by atoms with van der Waals surface area (Å²) in [5, 5.41) is 9.04. The Bertz CT molecular complexity index is 893. The molecule has 1 aliphatic heterocycles. The average molecular weight is 395 g/mol. The molecule has 1 amide bonds. The third kappa shape index (κ3) is 3.72. The van der Waals surface area contributed by atoms with Crippen LogP contribution < -0.4 is 0 Å². The van der Waals surface area contributed by atoms with Gasteiger partial charge in [-0.2, -0.15) is 0 Å². The largest absolute Gasteiger partial charge is 0.481 e. The molecule has 6 heteroatoms. The number of aliphatic carboxylic acids is 1. The van der Waals surface area contributed by atoms with Crippen molar-refractivity contribution in [2.24, 2.45) is 0 Å². The molecule has 1 aliphatic carbocycles. The molecule has 1 saturated heterocycles. The molecule has 0 spiro atoms. The van der Waals surface area contributed by atoms with Crippen molar-refractivity contribution in [3.8, 4) is 11.1 Å². The van der Waals surface area contributed by atoms with Gasteiger partial charge in [-0.15, -0.1) is 0 Å². The van der Waals surface area contributed by atoms with E-state index in [0.717, 1.165) is 11.1 Å². The lowest BCUT2D eigenvalue weighted by molar-refractivity contribution is -0.145. The predicted octanol–water partition coefficient (Wildman–Crippen LogP) is 3.89. The lowest BCUT2D eigenvalue weighted by atomic mass is 9.98. The van der Waals surface area contributed by atoms with E-state index >= 15 is 0 Å². The van der Waals surface area contributed by atoms with Crippen molar-refractivity contribution in [1.29, 1.82) is 0 Å². The molecular formula is C23H25NO5. The Hall–Kier alpha value is -2.86. The Balaban J connectivity index is 1.50. The molecule has 0 radical (unpaired) electrons. The predicted molar refractivity (Wildman–Crippen MR) is 108 cm³/mol. The molecule has 2 aromatic rings. The van der Waals surface area contributed by atoms with Crippen LogP contribution in [-0.2, 0) is 14.3 Å². The number of carboxylic acid groups (broad SMARTS) is 1. The lowest BCUT2D eigenvalue weighted by Gasteiger charge is -2.44. The minimum Gasteiger partial charge on any atom is -0.481 e. The summed E-state index contributed by atoms with van der Waals surface area (Å²) < 4.78 is 11.4. The van der Waals surface area contributed by atoms with Gasteiger partial charge in [0.15, 0.2) is 0 Å². The van der Waals surface area contributed by atoms with E-state index in [2.05, 4.69) is 24.3 Å². The van der Waals surface area contributed by atoms with Gasteiger partial charge in [0, 0.05) is 5.92 Å². The summed E-state index contributed by atoms with van der Waals surface area (Å²) in [5.74, 6) is -0.951. The highest BCUT2D eigenvalue weighted by atomic mass is 16.6. The minimum atomic E-state index is -0.942. The van der Waals surface area contributed by atoms with Gasteiger partial charge in [-0.25, -0.2) is 4.79 Å². The van der Waals surface area contributed by atoms with Crippen molar-refractivity contribution >= 4 is 12.1 Å². The van der Waals surface area contributed by atoms with Gasteiger partial charge >= 0.3 is 12.1 Å². The van der Waals surface area contributed by atoms with E-state index < -0.39 is 23.7 Å². The van der Waals surface area contributed by atoms with E-state index in [1.165, 1.54) is 11.1 Å². The van der Waals surface area contributed by atoms with Gasteiger partial charge in [-0.1, -0.05) is 48.5 Å². The molecule has 2 aliphatic rings. The van der Waals surface area contributed by atoms with Crippen LogP contribution in [0.2, 0.25) is 0 Å². The van der Waals surface area contributed by atoms with Crippen LogP contribution in [0.5, 0.6) is 0 Å². The summed E-state index contributed by atoms with van der Waals surface area (Å²) >= 11 is 0. The first-order chi connectivity index (χ1) is 13.9. The third-order valence-electron chi connectivity index (χ3n) is 5.75. The highest BCUT2D eigenvalue weighted by Crippen LogP contribution is 2.44. The van der Waals surface area contributed by atoms with Gasteiger partial charge in [0.25, 0.3) is 0 Å². The van der Waals surface area contributed by atoms with E-state index in [0.29, 0.717) is 0 Å². The summed E-state index contributed by atoms with van der Waals surface area (Å²) in [6, 6.07) is 16.4. The number of hydrogen-bond donors (Lipinski definition) is 1. The van der Waals surface area contributed by atoms with E-state index in [1.807, 2.05) is 38.1 Å². The molecule has 0 aromatic heterocycles. The van der Waals surface area contributed by atoms with Crippen LogP contribution in [0.15, 0.2) is 48.5 Å². The van der Waals surface area contributed by atoms with Gasteiger partial charge < -0.3 is 14.6 Å². The Kier molecular flexibility index (Phi) is 5.04. The van der Waals surface area contributed by atoms with Crippen LogP contribution in [0.1, 0.15) is 37.3 Å². The van der Waals surface area contributed by atoms with Gasteiger partial charge in [0.2, 0.25) is 0 Å². The molecule has 4 rings (SSSR count). The fraction of sp³-hybridized carbons (Fsp3) is 0.391. The Morgan fingerprint density at radius 1 is 1.10 bits per heavy atom. The van der Waals surface area contributed by atoms with Crippen LogP contribution in [0, 0.1) is 0 Å². The smallest absolute Gasteiger partial charge is 0.410 e. The fourth-order valence-electron chi connectivity index (χ4n) is 4.21. The number of rotatable bonds is 4. The number of carbonyl (C=O) groups excluding carboxylic acids is 1. The standard InChI is InChI=1S/C23H25NO5/c1-23(2)14-29-15(11-21(25)26)12-24(23)22(27)28-13-20-18-9-5-3-7-16(18)17-8-4-6-10-19(17)20/h3-10,15,20H,11-14H2,1-2H3,(H,25,26). The first-order valence-corrected chi connectivity index (χ1v) is 9.83. The molecule has 1 fully saturated rings. The Labute approximate surface area is 170 Å². The fourth-order valence-corrected chi connectivity index (χ4v) is 4.21. The number of carbonyl (C=O) groups is 2. The topological polar surface area (TPSA) is 76.1 Å². The quantitative estimate of drug-likeness (QED) is 0.850. The van der Waals surface area contributed by atoms with Crippen LogP contribution in [0.4, 0.5) is 4.79 Å². The average Bonchev–Trinajstić information content (AvgIpc) is 3.01. The molecule has 2 aromatic carbocycles. The second-order valence-electron chi connectivity index (χ2n) is 8.26. The zero-order valence-electron chi connectivity index (χ0n) is 16.6. The molecule has 1 N–H and O–H groups in total. The molecule has 6 nitrogen and oxygen atoms in total. The Morgan fingerprint density at radius 3 is 2.28 bits per heavy atom. The third-order valence-corrected chi connectivity index (χ3v) is 5.75. The second kappa shape index (κ2) is 7.52. The van der Waals surface area contributed by atoms with Crippen molar-refractivity contribution in [2.45, 2.75) is 37.8 Å². The molecule has 1 heterocycles. The van der Waals surface area contributed by atoms with Crippen molar-refractivity contribution < 1.29 is 24.2 Å². The maximum Gasteiger partial charge on any atom is 0.410 e. The van der Waals surface area contributed by atoms with E-state index in [-0.39, 0.29) is 32.1 Å².